The van der Waals surface area contributed by atoms with Gasteiger partial charge in [-0.2, -0.15) is 0 Å². The van der Waals surface area contributed by atoms with E-state index in [-0.39, 0.29) is 51.3 Å². The molecular formula is C26H28N2O6. The number of hydrogen-bond acceptors (Lipinski definition) is 5. The highest BCUT2D eigenvalue weighted by Gasteiger charge is 2.50. The van der Waals surface area contributed by atoms with Crippen LogP contribution in [0.2, 0.25) is 0 Å². The van der Waals surface area contributed by atoms with Gasteiger partial charge < -0.3 is 24.8 Å². The molecule has 0 bridgehead atoms. The molecule has 0 radical (unpaired) electrons. The Morgan fingerprint density at radius 2 is 1.71 bits per heavy atom. The zero-order valence-electron chi connectivity index (χ0n) is 18.9. The number of allylic oxidation sites excluding steroid dienone is 1. The van der Waals surface area contributed by atoms with E-state index in [1.54, 1.807) is 6.08 Å². The van der Waals surface area contributed by atoms with Crippen LogP contribution in [0.3, 0.4) is 0 Å². The second-order valence-corrected chi connectivity index (χ2v) is 8.63. The Balaban J connectivity index is 1.16. The lowest BCUT2D eigenvalue weighted by Gasteiger charge is -2.46. The van der Waals surface area contributed by atoms with Gasteiger partial charge in [-0.15, -0.1) is 6.58 Å². The molecule has 1 aliphatic carbocycles. The minimum Gasteiger partial charge on any atom is -0.481 e. The van der Waals surface area contributed by atoms with Gasteiger partial charge in [-0.25, -0.2) is 4.79 Å². The molecule has 0 atom stereocenters. The number of benzene rings is 2. The van der Waals surface area contributed by atoms with Gasteiger partial charge in [-0.3, -0.25) is 9.59 Å². The number of alkyl carbamates (subject to hydrolysis) is 1. The van der Waals surface area contributed by atoms with E-state index in [1.165, 1.54) is 4.90 Å². The molecule has 2 aromatic carbocycles. The molecule has 2 N–H and O–H groups in total. The summed E-state index contributed by atoms with van der Waals surface area (Å²) in [6.07, 6.45) is 1.33. The Morgan fingerprint density at radius 1 is 1.09 bits per heavy atom. The van der Waals surface area contributed by atoms with E-state index in [0.717, 1.165) is 22.3 Å². The van der Waals surface area contributed by atoms with Crippen molar-refractivity contribution in [1.82, 2.24) is 10.2 Å². The molecular weight excluding hydrogens is 436 g/mol. The van der Waals surface area contributed by atoms with Gasteiger partial charge in [0.2, 0.25) is 5.91 Å². The van der Waals surface area contributed by atoms with Gasteiger partial charge in [0.05, 0.1) is 6.61 Å². The van der Waals surface area contributed by atoms with Gasteiger partial charge in [0.15, 0.2) is 0 Å². The van der Waals surface area contributed by atoms with Crippen molar-refractivity contribution < 1.29 is 29.0 Å². The highest BCUT2D eigenvalue weighted by Crippen LogP contribution is 2.44. The number of ether oxygens (including phenoxy) is 2. The number of nitrogens with zero attached hydrogens (tertiary/aromatic N) is 1. The van der Waals surface area contributed by atoms with Gasteiger partial charge >= 0.3 is 12.1 Å². The van der Waals surface area contributed by atoms with Crippen molar-refractivity contribution in [2.24, 2.45) is 5.41 Å². The van der Waals surface area contributed by atoms with Crippen molar-refractivity contribution in [1.29, 1.82) is 0 Å². The van der Waals surface area contributed by atoms with Crippen LogP contribution in [0, 0.1) is 5.41 Å². The third-order valence-electron chi connectivity index (χ3n) is 6.41. The largest absolute Gasteiger partial charge is 0.481 e. The highest BCUT2D eigenvalue weighted by molar-refractivity contribution is 5.84. The van der Waals surface area contributed by atoms with Crippen LogP contribution in [-0.2, 0) is 19.1 Å². The molecule has 2 amide bonds. The van der Waals surface area contributed by atoms with Crippen molar-refractivity contribution in [2.45, 2.75) is 12.3 Å². The van der Waals surface area contributed by atoms with Crippen molar-refractivity contribution in [3.8, 4) is 11.1 Å². The third-order valence-corrected chi connectivity index (χ3v) is 6.41. The molecule has 0 saturated carbocycles. The number of nitrogens with one attached hydrogen (secondary N) is 1. The van der Waals surface area contributed by atoms with Gasteiger partial charge in [-0.1, -0.05) is 54.6 Å². The number of hydrogen-bond donors (Lipinski definition) is 2. The normalized spacial score (nSPS) is 15.6. The molecule has 2 aromatic rings. The van der Waals surface area contributed by atoms with Crippen LogP contribution in [0.5, 0.6) is 0 Å². The van der Waals surface area contributed by atoms with Crippen molar-refractivity contribution in [3.05, 3.63) is 72.3 Å². The summed E-state index contributed by atoms with van der Waals surface area (Å²) >= 11 is 0. The number of carboxylic acid groups (broad SMARTS) is 1. The fourth-order valence-corrected chi connectivity index (χ4v) is 4.61. The number of amides is 2. The van der Waals surface area contributed by atoms with E-state index in [0.29, 0.717) is 6.42 Å². The average Bonchev–Trinajstić information content (AvgIpc) is 3.13. The van der Waals surface area contributed by atoms with E-state index in [9.17, 15) is 19.5 Å². The first kappa shape index (κ1) is 23.5. The second-order valence-electron chi connectivity index (χ2n) is 8.63. The number of carbonyl (C=O) groups is 3. The Labute approximate surface area is 198 Å². The van der Waals surface area contributed by atoms with Crippen molar-refractivity contribution in [3.63, 3.8) is 0 Å². The summed E-state index contributed by atoms with van der Waals surface area (Å²) in [4.78, 5) is 37.2. The lowest BCUT2D eigenvalue weighted by molar-refractivity contribution is -0.167. The summed E-state index contributed by atoms with van der Waals surface area (Å²) in [6.45, 7) is 4.27. The summed E-state index contributed by atoms with van der Waals surface area (Å²) in [5.74, 6) is -1.21. The fourth-order valence-electron chi connectivity index (χ4n) is 4.61. The minimum atomic E-state index is -0.941. The molecule has 1 saturated heterocycles. The summed E-state index contributed by atoms with van der Waals surface area (Å²) in [5.41, 5.74) is 3.67. The summed E-state index contributed by atoms with van der Waals surface area (Å²) in [7, 11) is 0. The first-order chi connectivity index (χ1) is 16.4. The average molecular weight is 465 g/mol. The van der Waals surface area contributed by atoms with Crippen LogP contribution in [0.25, 0.3) is 11.1 Å². The Hall–Kier alpha value is -3.65. The fraction of sp³-hybridized carbons (Fsp3) is 0.346. The molecule has 0 aromatic heterocycles. The quantitative estimate of drug-likeness (QED) is 0.414. The Kier molecular flexibility index (Phi) is 6.98. The highest BCUT2D eigenvalue weighted by atomic mass is 16.5. The molecule has 1 heterocycles. The molecule has 8 nitrogen and oxygen atoms in total. The van der Waals surface area contributed by atoms with E-state index in [4.69, 9.17) is 9.47 Å². The van der Waals surface area contributed by atoms with E-state index < -0.39 is 17.5 Å². The van der Waals surface area contributed by atoms with Crippen LogP contribution in [0.15, 0.2) is 61.2 Å². The molecule has 2 aliphatic rings. The smallest absolute Gasteiger partial charge is 0.407 e. The predicted molar refractivity (Wildman–Crippen MR) is 125 cm³/mol. The summed E-state index contributed by atoms with van der Waals surface area (Å²) < 4.78 is 10.8. The van der Waals surface area contributed by atoms with Crippen LogP contribution in [-0.4, -0.2) is 67.4 Å². The first-order valence-corrected chi connectivity index (χ1v) is 11.2. The number of aliphatic carboxylic acids is 1. The lowest BCUT2D eigenvalue weighted by atomic mass is 9.77. The molecule has 1 aliphatic heterocycles. The molecule has 34 heavy (non-hydrogen) atoms. The van der Waals surface area contributed by atoms with E-state index >= 15 is 0 Å². The molecule has 4 rings (SSSR count). The van der Waals surface area contributed by atoms with Gasteiger partial charge in [0, 0.05) is 25.6 Å². The van der Waals surface area contributed by atoms with E-state index in [1.807, 2.05) is 24.3 Å². The maximum Gasteiger partial charge on any atom is 0.407 e. The number of likely N-dealkylation sites (tertiary alicyclic amines) is 1. The van der Waals surface area contributed by atoms with Crippen LogP contribution >= 0.6 is 0 Å². The third kappa shape index (κ3) is 4.68. The maximum atomic E-state index is 12.2. The van der Waals surface area contributed by atoms with E-state index in [2.05, 4.69) is 36.2 Å². The number of carboxylic acids is 1. The summed E-state index contributed by atoms with van der Waals surface area (Å²) in [5, 5.41) is 12.0. The SMILES string of the molecule is C=CCC1(C(=O)O)CN(C(=O)COCCNC(=O)OCC2c3ccccc3-c3ccccc32)C1. The molecule has 0 spiro atoms. The zero-order valence-corrected chi connectivity index (χ0v) is 18.9. The number of carbonyl (C=O) groups excluding carboxylic acids is 2. The Morgan fingerprint density at radius 3 is 2.29 bits per heavy atom. The maximum absolute atomic E-state index is 12.2. The monoisotopic (exact) mass is 464 g/mol. The predicted octanol–water partition coefficient (Wildman–Crippen LogP) is 3.03. The van der Waals surface area contributed by atoms with Crippen molar-refractivity contribution >= 4 is 18.0 Å². The molecule has 0 unspecified atom stereocenters. The van der Waals surface area contributed by atoms with Gasteiger partial charge in [-0.05, 0) is 28.7 Å². The Bertz CT molecular complexity index is 1050. The number of rotatable bonds is 10. The zero-order chi connectivity index (χ0) is 24.1. The number of fused-ring (bicyclic) bond motifs is 3. The standard InChI is InChI=1S/C26H28N2O6/c1-2-11-26(24(30)31)16-28(17-26)23(29)15-33-13-12-27-25(32)34-14-22-20-9-5-3-7-18(20)19-8-4-6-10-21(19)22/h2-10,22H,1,11-17H2,(H,27,32)(H,30,31). The minimum absolute atomic E-state index is 0.0115. The lowest BCUT2D eigenvalue weighted by Crippen LogP contribution is -2.62. The molecule has 1 fully saturated rings. The van der Waals surface area contributed by atoms with Crippen molar-refractivity contribution in [2.75, 3.05) is 39.5 Å². The van der Waals surface area contributed by atoms with Gasteiger partial charge in [0.25, 0.3) is 0 Å². The van der Waals surface area contributed by atoms with Crippen LogP contribution in [0.4, 0.5) is 4.79 Å². The first-order valence-electron chi connectivity index (χ1n) is 11.2. The topological polar surface area (TPSA) is 105 Å². The van der Waals surface area contributed by atoms with Gasteiger partial charge in [0.1, 0.15) is 18.6 Å². The van der Waals surface area contributed by atoms with Crippen LogP contribution < -0.4 is 5.32 Å². The molecule has 178 valence electrons. The van der Waals surface area contributed by atoms with Crippen LogP contribution in [0.1, 0.15) is 23.5 Å². The second kappa shape index (κ2) is 10.1. The summed E-state index contributed by atoms with van der Waals surface area (Å²) in [6, 6.07) is 16.2. The molecule has 8 heteroatoms.